The smallest absolute Gasteiger partial charge is 0.309 e. The molecule has 1 heterocycles. The Kier molecular flexibility index (Phi) is 7.25. The number of carbonyl (C=O) groups excluding carboxylic acids is 2. The molecule has 1 aromatic carbocycles. The van der Waals surface area contributed by atoms with Gasteiger partial charge in [0.2, 0.25) is 5.91 Å². The number of rotatable bonds is 7. The summed E-state index contributed by atoms with van der Waals surface area (Å²) in [6.07, 6.45) is 1.61. The molecule has 0 aromatic heterocycles. The van der Waals surface area contributed by atoms with Crippen molar-refractivity contribution in [2.45, 2.75) is 39.7 Å². The molecule has 6 nitrogen and oxygen atoms in total. The van der Waals surface area contributed by atoms with E-state index in [4.69, 9.17) is 9.47 Å². The summed E-state index contributed by atoms with van der Waals surface area (Å²) in [6, 6.07) is 7.37. The second-order valence-electron chi connectivity index (χ2n) is 6.54. The molecule has 1 aromatic rings. The van der Waals surface area contributed by atoms with Gasteiger partial charge in [-0.25, -0.2) is 0 Å². The Hall–Kier alpha value is -2.08. The monoisotopic (exact) mass is 348 g/mol. The Balaban J connectivity index is 1.75. The topological polar surface area (TPSA) is 67.9 Å². The van der Waals surface area contributed by atoms with E-state index in [0.717, 1.165) is 37.4 Å². The summed E-state index contributed by atoms with van der Waals surface area (Å²) in [5.41, 5.74) is 0.752. The van der Waals surface area contributed by atoms with E-state index in [9.17, 15) is 9.59 Å². The van der Waals surface area contributed by atoms with E-state index in [1.807, 2.05) is 45.0 Å². The molecule has 1 fully saturated rings. The zero-order valence-electron chi connectivity index (χ0n) is 15.3. The van der Waals surface area contributed by atoms with Crippen LogP contribution in [0.5, 0.6) is 5.75 Å². The van der Waals surface area contributed by atoms with Crippen molar-refractivity contribution >= 4 is 17.6 Å². The molecule has 0 radical (unpaired) electrons. The van der Waals surface area contributed by atoms with Gasteiger partial charge in [0.1, 0.15) is 5.75 Å². The molecule has 25 heavy (non-hydrogen) atoms. The number of hydrogen-bond acceptors (Lipinski definition) is 5. The summed E-state index contributed by atoms with van der Waals surface area (Å²) in [7, 11) is 0. The van der Waals surface area contributed by atoms with Crippen LogP contribution in [0, 0.1) is 5.92 Å². The van der Waals surface area contributed by atoms with Crippen molar-refractivity contribution < 1.29 is 19.1 Å². The highest BCUT2D eigenvalue weighted by atomic mass is 16.5. The molecule has 0 aliphatic carbocycles. The highest BCUT2D eigenvalue weighted by Gasteiger charge is 2.26. The largest absolute Gasteiger partial charge is 0.491 e. The fraction of sp³-hybridized carbons (Fsp3) is 0.579. The molecule has 1 aliphatic rings. The maximum atomic E-state index is 12.2. The molecule has 1 saturated heterocycles. The van der Waals surface area contributed by atoms with Gasteiger partial charge in [0, 0.05) is 5.69 Å². The van der Waals surface area contributed by atoms with E-state index in [1.165, 1.54) is 0 Å². The van der Waals surface area contributed by atoms with Gasteiger partial charge < -0.3 is 14.8 Å². The standard InChI is InChI=1S/C19H28N2O4/c1-4-24-19(23)15-9-11-21(12-10-15)13-18(22)20-16-5-7-17(8-6-16)25-14(2)3/h5-8,14-15H,4,9-13H2,1-3H3,(H,20,22). The Labute approximate surface area is 149 Å². The average Bonchev–Trinajstić information content (AvgIpc) is 2.57. The van der Waals surface area contributed by atoms with Crippen LogP contribution in [-0.4, -0.2) is 49.1 Å². The van der Waals surface area contributed by atoms with Crippen LogP contribution < -0.4 is 10.1 Å². The van der Waals surface area contributed by atoms with Gasteiger partial charge in [-0.15, -0.1) is 0 Å². The minimum atomic E-state index is -0.115. The number of hydrogen-bond donors (Lipinski definition) is 1. The van der Waals surface area contributed by atoms with Crippen LogP contribution in [-0.2, 0) is 14.3 Å². The molecule has 0 bridgehead atoms. The highest BCUT2D eigenvalue weighted by molar-refractivity contribution is 5.92. The van der Waals surface area contributed by atoms with Crippen LogP contribution in [0.1, 0.15) is 33.6 Å². The number of amides is 1. The maximum Gasteiger partial charge on any atom is 0.309 e. The SMILES string of the molecule is CCOC(=O)C1CCN(CC(=O)Nc2ccc(OC(C)C)cc2)CC1. The first-order chi connectivity index (χ1) is 12.0. The van der Waals surface area contributed by atoms with Crippen LogP contribution in [0.3, 0.4) is 0 Å². The van der Waals surface area contributed by atoms with E-state index in [1.54, 1.807) is 0 Å². The van der Waals surface area contributed by atoms with Crippen molar-refractivity contribution in [1.82, 2.24) is 4.90 Å². The predicted molar refractivity (Wildman–Crippen MR) is 96.6 cm³/mol. The van der Waals surface area contributed by atoms with Crippen LogP contribution in [0.15, 0.2) is 24.3 Å². The number of esters is 1. The molecule has 1 amide bonds. The normalized spacial score (nSPS) is 15.8. The molecule has 1 aliphatic heterocycles. The van der Waals surface area contributed by atoms with Crippen molar-refractivity contribution in [2.24, 2.45) is 5.92 Å². The number of ether oxygens (including phenoxy) is 2. The van der Waals surface area contributed by atoms with Crippen LogP contribution in [0.4, 0.5) is 5.69 Å². The van der Waals surface area contributed by atoms with Gasteiger partial charge in [-0.3, -0.25) is 14.5 Å². The minimum Gasteiger partial charge on any atom is -0.491 e. The summed E-state index contributed by atoms with van der Waals surface area (Å²) >= 11 is 0. The molecule has 0 spiro atoms. The zero-order chi connectivity index (χ0) is 18.2. The van der Waals surface area contributed by atoms with Crippen LogP contribution in [0.25, 0.3) is 0 Å². The number of benzene rings is 1. The van der Waals surface area contributed by atoms with Crippen molar-refractivity contribution in [2.75, 3.05) is 31.6 Å². The number of likely N-dealkylation sites (tertiary alicyclic amines) is 1. The van der Waals surface area contributed by atoms with E-state index in [0.29, 0.717) is 13.2 Å². The third-order valence-electron chi connectivity index (χ3n) is 4.08. The quantitative estimate of drug-likeness (QED) is 0.768. The third kappa shape index (κ3) is 6.38. The van der Waals surface area contributed by atoms with E-state index < -0.39 is 0 Å². The number of piperidine rings is 1. The Morgan fingerprint density at radius 2 is 1.84 bits per heavy atom. The highest BCUT2D eigenvalue weighted by Crippen LogP contribution is 2.19. The minimum absolute atomic E-state index is 0.0345. The first kappa shape index (κ1) is 19.2. The van der Waals surface area contributed by atoms with Gasteiger partial charge in [0.25, 0.3) is 0 Å². The molecular weight excluding hydrogens is 320 g/mol. The molecule has 1 N–H and O–H groups in total. The summed E-state index contributed by atoms with van der Waals surface area (Å²) < 4.78 is 10.6. The Bertz CT molecular complexity index is 563. The van der Waals surface area contributed by atoms with Crippen molar-refractivity contribution in [3.05, 3.63) is 24.3 Å². The summed E-state index contributed by atoms with van der Waals surface area (Å²) in [4.78, 5) is 26.0. The zero-order valence-corrected chi connectivity index (χ0v) is 15.3. The van der Waals surface area contributed by atoms with E-state index in [-0.39, 0.29) is 23.9 Å². The predicted octanol–water partition coefficient (Wildman–Crippen LogP) is 2.69. The molecule has 138 valence electrons. The maximum absolute atomic E-state index is 12.2. The molecule has 2 rings (SSSR count). The second-order valence-corrected chi connectivity index (χ2v) is 6.54. The first-order valence-electron chi connectivity index (χ1n) is 8.93. The van der Waals surface area contributed by atoms with Gasteiger partial charge in [-0.2, -0.15) is 0 Å². The number of nitrogens with zero attached hydrogens (tertiary/aromatic N) is 1. The Morgan fingerprint density at radius 1 is 1.20 bits per heavy atom. The fourth-order valence-corrected chi connectivity index (χ4v) is 2.88. The number of nitrogens with one attached hydrogen (secondary N) is 1. The third-order valence-corrected chi connectivity index (χ3v) is 4.08. The Morgan fingerprint density at radius 3 is 2.40 bits per heavy atom. The number of carbonyl (C=O) groups is 2. The first-order valence-corrected chi connectivity index (χ1v) is 8.93. The lowest BCUT2D eigenvalue weighted by atomic mass is 9.97. The molecule has 0 atom stereocenters. The van der Waals surface area contributed by atoms with Gasteiger partial charge >= 0.3 is 5.97 Å². The summed E-state index contributed by atoms with van der Waals surface area (Å²) in [5.74, 6) is 0.587. The van der Waals surface area contributed by atoms with Gasteiger partial charge in [-0.1, -0.05) is 0 Å². The molecule has 0 saturated carbocycles. The molecule has 0 unspecified atom stereocenters. The summed E-state index contributed by atoms with van der Waals surface area (Å²) in [6.45, 7) is 7.98. The summed E-state index contributed by atoms with van der Waals surface area (Å²) in [5, 5.41) is 2.90. The van der Waals surface area contributed by atoms with Crippen molar-refractivity contribution in [1.29, 1.82) is 0 Å². The van der Waals surface area contributed by atoms with Crippen LogP contribution >= 0.6 is 0 Å². The van der Waals surface area contributed by atoms with Gasteiger partial charge in [0.05, 0.1) is 25.2 Å². The number of anilines is 1. The van der Waals surface area contributed by atoms with E-state index in [2.05, 4.69) is 10.2 Å². The lowest BCUT2D eigenvalue weighted by Crippen LogP contribution is -2.41. The molecule has 6 heteroatoms. The van der Waals surface area contributed by atoms with Crippen molar-refractivity contribution in [3.8, 4) is 5.75 Å². The van der Waals surface area contributed by atoms with Crippen LogP contribution in [0.2, 0.25) is 0 Å². The van der Waals surface area contributed by atoms with E-state index >= 15 is 0 Å². The van der Waals surface area contributed by atoms with Gasteiger partial charge in [0.15, 0.2) is 0 Å². The molecular formula is C19H28N2O4. The lowest BCUT2D eigenvalue weighted by Gasteiger charge is -2.30. The van der Waals surface area contributed by atoms with Crippen molar-refractivity contribution in [3.63, 3.8) is 0 Å². The lowest BCUT2D eigenvalue weighted by molar-refractivity contribution is -0.149. The fourth-order valence-electron chi connectivity index (χ4n) is 2.88. The average molecular weight is 348 g/mol. The van der Waals surface area contributed by atoms with Gasteiger partial charge in [-0.05, 0) is 71.0 Å². The second kappa shape index (κ2) is 9.42.